The van der Waals surface area contributed by atoms with E-state index in [1.54, 1.807) is 30.8 Å². The molecule has 1 heterocycles. The SMILES string of the molecule is COCCN(Cc1c(C)nn(-c2ccccc2)c1Oc1cccc(F)c1)C[C@H](C)O. The molecule has 0 spiro atoms. The zero-order valence-electron chi connectivity index (χ0n) is 17.6. The van der Waals surface area contributed by atoms with Crippen molar-refractivity contribution < 1.29 is 19.0 Å². The Balaban J connectivity index is 2.01. The van der Waals surface area contributed by atoms with Crippen LogP contribution in [0.25, 0.3) is 5.69 Å². The number of methoxy groups -OCH3 is 1. The van der Waals surface area contributed by atoms with Gasteiger partial charge in [0.05, 0.1) is 29.7 Å². The number of aryl methyl sites for hydroxylation is 1. The Bertz CT molecular complexity index is 944. The number of nitrogens with zero attached hydrogens (tertiary/aromatic N) is 3. The molecule has 2 aromatic carbocycles. The quantitative estimate of drug-likeness (QED) is 0.546. The molecule has 1 N–H and O–H groups in total. The molecule has 0 aliphatic rings. The number of ether oxygens (including phenoxy) is 2. The molecule has 0 bridgehead atoms. The lowest BCUT2D eigenvalue weighted by atomic mass is 10.2. The summed E-state index contributed by atoms with van der Waals surface area (Å²) in [5, 5.41) is 14.6. The molecule has 0 aliphatic carbocycles. The fourth-order valence-corrected chi connectivity index (χ4v) is 3.26. The van der Waals surface area contributed by atoms with Crippen LogP contribution in [0.4, 0.5) is 4.39 Å². The minimum Gasteiger partial charge on any atom is -0.438 e. The van der Waals surface area contributed by atoms with Crippen LogP contribution in [0.2, 0.25) is 0 Å². The molecule has 1 atom stereocenters. The summed E-state index contributed by atoms with van der Waals surface area (Å²) in [6.45, 7) is 5.86. The van der Waals surface area contributed by atoms with Crippen LogP contribution in [0.15, 0.2) is 54.6 Å². The van der Waals surface area contributed by atoms with Crippen molar-refractivity contribution in [1.29, 1.82) is 0 Å². The van der Waals surface area contributed by atoms with Crippen molar-refractivity contribution >= 4 is 0 Å². The summed E-state index contributed by atoms with van der Waals surface area (Å²) in [6.07, 6.45) is -0.487. The Morgan fingerprint density at radius 2 is 1.93 bits per heavy atom. The van der Waals surface area contributed by atoms with Gasteiger partial charge in [-0.05, 0) is 38.1 Å². The highest BCUT2D eigenvalue weighted by Crippen LogP contribution is 2.31. The molecule has 7 heteroatoms. The number of hydrogen-bond acceptors (Lipinski definition) is 5. The lowest BCUT2D eigenvalue weighted by Crippen LogP contribution is -2.33. The third kappa shape index (κ3) is 5.66. The highest BCUT2D eigenvalue weighted by molar-refractivity contribution is 5.43. The summed E-state index contributed by atoms with van der Waals surface area (Å²) in [5.41, 5.74) is 2.52. The number of aromatic nitrogens is 2. The highest BCUT2D eigenvalue weighted by atomic mass is 19.1. The summed E-state index contributed by atoms with van der Waals surface area (Å²) < 4.78 is 26.8. The lowest BCUT2D eigenvalue weighted by molar-refractivity contribution is 0.0934. The Labute approximate surface area is 176 Å². The Morgan fingerprint density at radius 1 is 1.17 bits per heavy atom. The molecule has 0 fully saturated rings. The topological polar surface area (TPSA) is 59.8 Å². The van der Waals surface area contributed by atoms with Crippen molar-refractivity contribution in [2.24, 2.45) is 0 Å². The van der Waals surface area contributed by atoms with E-state index in [1.165, 1.54) is 12.1 Å². The number of hydrogen-bond donors (Lipinski definition) is 1. The molecular weight excluding hydrogens is 385 g/mol. The first-order valence-electron chi connectivity index (χ1n) is 9.94. The summed E-state index contributed by atoms with van der Waals surface area (Å²) in [4.78, 5) is 2.09. The Morgan fingerprint density at radius 3 is 2.60 bits per heavy atom. The average Bonchev–Trinajstić information content (AvgIpc) is 3.02. The molecule has 0 saturated carbocycles. The van der Waals surface area contributed by atoms with Crippen LogP contribution in [0.5, 0.6) is 11.6 Å². The van der Waals surface area contributed by atoms with Crippen LogP contribution in [-0.4, -0.2) is 52.7 Å². The fraction of sp³-hybridized carbons (Fsp3) is 0.348. The van der Waals surface area contributed by atoms with Gasteiger partial charge in [0.2, 0.25) is 5.88 Å². The first-order valence-corrected chi connectivity index (χ1v) is 9.94. The van der Waals surface area contributed by atoms with Gasteiger partial charge in [0.15, 0.2) is 0 Å². The fourth-order valence-electron chi connectivity index (χ4n) is 3.26. The first-order chi connectivity index (χ1) is 14.5. The van der Waals surface area contributed by atoms with Gasteiger partial charge in [0.25, 0.3) is 0 Å². The van der Waals surface area contributed by atoms with Gasteiger partial charge >= 0.3 is 0 Å². The number of aliphatic hydroxyl groups is 1. The van der Waals surface area contributed by atoms with E-state index >= 15 is 0 Å². The molecule has 0 amide bonds. The highest BCUT2D eigenvalue weighted by Gasteiger charge is 2.22. The lowest BCUT2D eigenvalue weighted by Gasteiger charge is -2.23. The summed E-state index contributed by atoms with van der Waals surface area (Å²) >= 11 is 0. The zero-order valence-corrected chi connectivity index (χ0v) is 17.6. The zero-order chi connectivity index (χ0) is 21.5. The standard InChI is InChI=1S/C23H28FN3O3/c1-17(28)15-26(12-13-29-3)16-22-18(2)25-27(20-9-5-4-6-10-20)23(22)30-21-11-7-8-19(24)14-21/h4-11,14,17,28H,12-13,15-16H2,1-3H3/t17-/m0/s1. The maximum atomic E-state index is 13.7. The van der Waals surface area contributed by atoms with E-state index in [9.17, 15) is 9.50 Å². The average molecular weight is 413 g/mol. The number of halogens is 1. The largest absolute Gasteiger partial charge is 0.438 e. The molecule has 160 valence electrons. The third-order valence-electron chi connectivity index (χ3n) is 4.66. The van der Waals surface area contributed by atoms with Gasteiger partial charge in [0, 0.05) is 32.8 Å². The van der Waals surface area contributed by atoms with Crippen LogP contribution in [0.1, 0.15) is 18.2 Å². The molecule has 6 nitrogen and oxygen atoms in total. The Kier molecular flexibility index (Phi) is 7.57. The maximum Gasteiger partial charge on any atom is 0.227 e. The van der Waals surface area contributed by atoms with E-state index in [2.05, 4.69) is 10.00 Å². The number of para-hydroxylation sites is 1. The number of rotatable bonds is 10. The summed E-state index contributed by atoms with van der Waals surface area (Å²) in [5.74, 6) is 0.553. The second kappa shape index (κ2) is 10.3. The number of aliphatic hydroxyl groups excluding tert-OH is 1. The minimum atomic E-state index is -0.487. The predicted molar refractivity (Wildman–Crippen MR) is 114 cm³/mol. The molecular formula is C23H28FN3O3. The molecule has 0 unspecified atom stereocenters. The van der Waals surface area contributed by atoms with E-state index in [0.29, 0.717) is 37.9 Å². The van der Waals surface area contributed by atoms with Gasteiger partial charge in [-0.25, -0.2) is 9.07 Å². The smallest absolute Gasteiger partial charge is 0.227 e. The van der Waals surface area contributed by atoms with Gasteiger partial charge in [-0.1, -0.05) is 24.3 Å². The maximum absolute atomic E-state index is 13.7. The molecule has 0 aliphatic heterocycles. The van der Waals surface area contributed by atoms with Crippen molar-refractivity contribution in [2.45, 2.75) is 26.5 Å². The summed E-state index contributed by atoms with van der Waals surface area (Å²) in [7, 11) is 1.65. The molecule has 0 saturated heterocycles. The van der Waals surface area contributed by atoms with E-state index < -0.39 is 6.10 Å². The molecule has 3 rings (SSSR count). The van der Waals surface area contributed by atoms with E-state index in [-0.39, 0.29) is 5.82 Å². The Hall–Kier alpha value is -2.74. The van der Waals surface area contributed by atoms with Gasteiger partial charge in [-0.15, -0.1) is 0 Å². The normalized spacial score (nSPS) is 12.3. The van der Waals surface area contributed by atoms with Crippen LogP contribution >= 0.6 is 0 Å². The van der Waals surface area contributed by atoms with Crippen molar-refractivity contribution in [1.82, 2.24) is 14.7 Å². The van der Waals surface area contributed by atoms with E-state index in [4.69, 9.17) is 9.47 Å². The molecule has 1 aromatic heterocycles. The van der Waals surface area contributed by atoms with Crippen LogP contribution < -0.4 is 4.74 Å². The summed E-state index contributed by atoms with van der Waals surface area (Å²) in [6, 6.07) is 15.7. The van der Waals surface area contributed by atoms with Crippen LogP contribution in [-0.2, 0) is 11.3 Å². The van der Waals surface area contributed by atoms with E-state index in [1.807, 2.05) is 37.3 Å². The molecule has 3 aromatic rings. The van der Waals surface area contributed by atoms with Crippen molar-refractivity contribution in [2.75, 3.05) is 26.8 Å². The van der Waals surface area contributed by atoms with Crippen LogP contribution in [0, 0.1) is 12.7 Å². The van der Waals surface area contributed by atoms with Crippen molar-refractivity contribution in [3.8, 4) is 17.3 Å². The predicted octanol–water partition coefficient (Wildman–Crippen LogP) is 3.94. The third-order valence-corrected chi connectivity index (χ3v) is 4.66. The van der Waals surface area contributed by atoms with Crippen molar-refractivity contribution in [3.05, 3.63) is 71.7 Å². The number of benzene rings is 2. The second-order valence-corrected chi connectivity index (χ2v) is 7.25. The van der Waals surface area contributed by atoms with Gasteiger partial charge in [-0.3, -0.25) is 4.90 Å². The van der Waals surface area contributed by atoms with Gasteiger partial charge in [0.1, 0.15) is 11.6 Å². The second-order valence-electron chi connectivity index (χ2n) is 7.25. The van der Waals surface area contributed by atoms with Crippen molar-refractivity contribution in [3.63, 3.8) is 0 Å². The van der Waals surface area contributed by atoms with Gasteiger partial charge < -0.3 is 14.6 Å². The minimum absolute atomic E-state index is 0.368. The molecule has 30 heavy (non-hydrogen) atoms. The van der Waals surface area contributed by atoms with Gasteiger partial charge in [-0.2, -0.15) is 5.10 Å². The first kappa shape index (κ1) is 22.0. The van der Waals surface area contributed by atoms with E-state index in [0.717, 1.165) is 16.9 Å². The monoisotopic (exact) mass is 413 g/mol. The molecule has 0 radical (unpaired) electrons. The van der Waals surface area contributed by atoms with Crippen LogP contribution in [0.3, 0.4) is 0 Å².